The first-order chi connectivity index (χ1) is 8.07. The van der Waals surface area contributed by atoms with E-state index in [2.05, 4.69) is 0 Å². The Hall–Kier alpha value is -1.00. The van der Waals surface area contributed by atoms with Gasteiger partial charge in [-0.05, 0) is 49.4 Å². The maximum Gasteiger partial charge on any atom is 0.127 e. The van der Waals surface area contributed by atoms with Crippen LogP contribution in [0.5, 0.6) is 0 Å². The minimum atomic E-state index is -0.522. The molecule has 1 fully saturated rings. The van der Waals surface area contributed by atoms with Crippen molar-refractivity contribution in [1.29, 1.82) is 0 Å². The van der Waals surface area contributed by atoms with Gasteiger partial charge in [0.25, 0.3) is 0 Å². The first-order valence-corrected chi connectivity index (χ1v) is 5.91. The highest BCUT2D eigenvalue weighted by Crippen LogP contribution is 2.40. The lowest BCUT2D eigenvalue weighted by Gasteiger charge is -2.38. The molecular formula is C13H17F2NO. The molecular weight excluding hydrogens is 224 g/mol. The summed E-state index contributed by atoms with van der Waals surface area (Å²) >= 11 is 0. The number of benzene rings is 1. The van der Waals surface area contributed by atoms with Gasteiger partial charge in [0.15, 0.2) is 0 Å². The number of aliphatic hydroxyl groups excluding tert-OH is 1. The molecule has 2 rings (SSSR count). The van der Waals surface area contributed by atoms with Gasteiger partial charge < -0.3 is 10.8 Å². The Bertz CT molecular complexity index is 400. The van der Waals surface area contributed by atoms with Crippen molar-refractivity contribution >= 4 is 0 Å². The largest absolute Gasteiger partial charge is 0.393 e. The molecule has 0 bridgehead atoms. The lowest BCUT2D eigenvalue weighted by molar-refractivity contribution is 0.0962. The monoisotopic (exact) mass is 241 g/mol. The van der Waals surface area contributed by atoms with Crippen LogP contribution in [0, 0.1) is 11.6 Å². The molecule has 0 unspecified atom stereocenters. The number of hydrogen-bond acceptors (Lipinski definition) is 2. The maximum atomic E-state index is 13.8. The lowest BCUT2D eigenvalue weighted by Crippen LogP contribution is -2.40. The van der Waals surface area contributed by atoms with Crippen LogP contribution >= 0.6 is 0 Å². The number of aliphatic hydroxyl groups is 1. The van der Waals surface area contributed by atoms with E-state index in [1.165, 1.54) is 6.07 Å². The first-order valence-electron chi connectivity index (χ1n) is 5.91. The Labute approximate surface area is 99.4 Å². The molecule has 0 aliphatic heterocycles. The summed E-state index contributed by atoms with van der Waals surface area (Å²) in [5, 5.41) is 9.50. The van der Waals surface area contributed by atoms with E-state index in [0.717, 1.165) is 12.1 Å². The third-order valence-electron chi connectivity index (χ3n) is 3.80. The van der Waals surface area contributed by atoms with Gasteiger partial charge in [-0.15, -0.1) is 0 Å². The Morgan fingerprint density at radius 3 is 2.53 bits per heavy atom. The Balaban J connectivity index is 2.37. The van der Waals surface area contributed by atoms with Crippen molar-refractivity contribution < 1.29 is 13.9 Å². The summed E-state index contributed by atoms with van der Waals surface area (Å²) in [7, 11) is 0. The third-order valence-corrected chi connectivity index (χ3v) is 3.80. The molecule has 94 valence electrons. The van der Waals surface area contributed by atoms with Crippen molar-refractivity contribution in [2.45, 2.75) is 37.2 Å². The van der Waals surface area contributed by atoms with Gasteiger partial charge in [-0.3, -0.25) is 0 Å². The molecule has 0 amide bonds. The zero-order valence-corrected chi connectivity index (χ0v) is 9.63. The second-order valence-electron chi connectivity index (χ2n) is 4.84. The zero-order valence-electron chi connectivity index (χ0n) is 9.63. The van der Waals surface area contributed by atoms with E-state index in [4.69, 9.17) is 5.73 Å². The summed E-state index contributed by atoms with van der Waals surface area (Å²) < 4.78 is 27.0. The number of nitrogens with two attached hydrogens (primary N) is 1. The van der Waals surface area contributed by atoms with Gasteiger partial charge >= 0.3 is 0 Å². The topological polar surface area (TPSA) is 46.2 Å². The summed E-state index contributed by atoms with van der Waals surface area (Å²) in [6, 6.07) is 3.49. The second-order valence-corrected chi connectivity index (χ2v) is 4.84. The van der Waals surface area contributed by atoms with Gasteiger partial charge in [0.1, 0.15) is 11.6 Å². The van der Waals surface area contributed by atoms with E-state index >= 15 is 0 Å². The fourth-order valence-electron chi connectivity index (χ4n) is 2.64. The van der Waals surface area contributed by atoms with Crippen molar-refractivity contribution in [3.8, 4) is 0 Å². The summed E-state index contributed by atoms with van der Waals surface area (Å²) in [4.78, 5) is 0. The molecule has 0 aromatic heterocycles. The molecule has 0 radical (unpaired) electrons. The summed E-state index contributed by atoms with van der Waals surface area (Å²) in [6.07, 6.45) is 2.04. The van der Waals surface area contributed by atoms with Crippen LogP contribution in [0.2, 0.25) is 0 Å². The molecule has 0 spiro atoms. The molecule has 1 aliphatic rings. The Kier molecular flexibility index (Phi) is 3.45. The highest BCUT2D eigenvalue weighted by atomic mass is 19.1. The molecule has 1 aromatic carbocycles. The van der Waals surface area contributed by atoms with Crippen LogP contribution in [-0.4, -0.2) is 17.8 Å². The smallest absolute Gasteiger partial charge is 0.127 e. The molecule has 4 heteroatoms. The molecule has 1 saturated carbocycles. The second kappa shape index (κ2) is 4.70. The number of rotatable bonds is 2. The Morgan fingerprint density at radius 1 is 1.29 bits per heavy atom. The van der Waals surface area contributed by atoms with Crippen LogP contribution in [0.3, 0.4) is 0 Å². The average Bonchev–Trinajstić information content (AvgIpc) is 2.34. The molecule has 0 atom stereocenters. The fraction of sp³-hybridized carbons (Fsp3) is 0.538. The van der Waals surface area contributed by atoms with Crippen molar-refractivity contribution in [1.82, 2.24) is 0 Å². The van der Waals surface area contributed by atoms with Gasteiger partial charge in [0.05, 0.1) is 6.10 Å². The van der Waals surface area contributed by atoms with Crippen LogP contribution in [0.1, 0.15) is 31.2 Å². The highest BCUT2D eigenvalue weighted by Gasteiger charge is 2.37. The molecule has 3 N–H and O–H groups in total. The van der Waals surface area contributed by atoms with Gasteiger partial charge in [-0.2, -0.15) is 0 Å². The molecule has 2 nitrogen and oxygen atoms in total. The molecule has 17 heavy (non-hydrogen) atoms. The van der Waals surface area contributed by atoms with Crippen molar-refractivity contribution in [3.05, 3.63) is 35.4 Å². The van der Waals surface area contributed by atoms with Crippen LogP contribution < -0.4 is 5.73 Å². The number of halogens is 2. The predicted octanol–water partition coefficient (Wildman–Crippen LogP) is 2.10. The SMILES string of the molecule is NC[C@]1(c2cc(F)ccc2F)CC[C@H](O)CC1. The van der Waals surface area contributed by atoms with Crippen LogP contribution in [0.25, 0.3) is 0 Å². The lowest BCUT2D eigenvalue weighted by atomic mass is 9.68. The van der Waals surface area contributed by atoms with E-state index in [-0.39, 0.29) is 12.6 Å². The zero-order chi connectivity index (χ0) is 12.5. The van der Waals surface area contributed by atoms with Crippen molar-refractivity contribution in [3.63, 3.8) is 0 Å². The normalized spacial score (nSPS) is 29.3. The maximum absolute atomic E-state index is 13.8. The molecule has 1 aliphatic carbocycles. The standard InChI is InChI=1S/C13H17F2NO/c14-9-1-2-12(15)11(7-9)13(8-16)5-3-10(17)4-6-13/h1-2,7,10,17H,3-6,8,16H2/t10-,13-. The minimum absolute atomic E-state index is 0.278. The molecule has 0 saturated heterocycles. The first kappa shape index (κ1) is 12.5. The molecule has 1 aromatic rings. The Morgan fingerprint density at radius 2 is 1.94 bits per heavy atom. The molecule has 0 heterocycles. The van der Waals surface area contributed by atoms with Gasteiger partial charge in [-0.25, -0.2) is 8.78 Å². The summed E-state index contributed by atoms with van der Waals surface area (Å²) in [6.45, 7) is 0.278. The van der Waals surface area contributed by atoms with Gasteiger partial charge in [0.2, 0.25) is 0 Å². The summed E-state index contributed by atoms with van der Waals surface area (Å²) in [5.41, 5.74) is 5.60. The van der Waals surface area contributed by atoms with Crippen molar-refractivity contribution in [2.24, 2.45) is 5.73 Å². The quantitative estimate of drug-likeness (QED) is 0.833. The van der Waals surface area contributed by atoms with Gasteiger partial charge in [-0.1, -0.05) is 0 Å². The third kappa shape index (κ3) is 2.33. The average molecular weight is 241 g/mol. The fourth-order valence-corrected chi connectivity index (χ4v) is 2.64. The summed E-state index contributed by atoms with van der Waals surface area (Å²) in [5.74, 6) is -0.853. The van der Waals surface area contributed by atoms with Crippen molar-refractivity contribution in [2.75, 3.05) is 6.54 Å². The van der Waals surface area contributed by atoms with E-state index in [0.29, 0.717) is 31.2 Å². The predicted molar refractivity (Wildman–Crippen MR) is 61.6 cm³/mol. The van der Waals surface area contributed by atoms with E-state index in [1.807, 2.05) is 0 Å². The van der Waals surface area contributed by atoms with E-state index in [1.54, 1.807) is 0 Å². The number of hydrogen-bond donors (Lipinski definition) is 2. The van der Waals surface area contributed by atoms with Crippen LogP contribution in [-0.2, 0) is 5.41 Å². The van der Waals surface area contributed by atoms with E-state index in [9.17, 15) is 13.9 Å². The van der Waals surface area contributed by atoms with Crippen LogP contribution in [0.4, 0.5) is 8.78 Å². The van der Waals surface area contributed by atoms with Crippen LogP contribution in [0.15, 0.2) is 18.2 Å². The van der Waals surface area contributed by atoms with Gasteiger partial charge in [0, 0.05) is 12.0 Å². The minimum Gasteiger partial charge on any atom is -0.393 e. The highest BCUT2D eigenvalue weighted by molar-refractivity contribution is 5.29. The van der Waals surface area contributed by atoms with E-state index < -0.39 is 17.0 Å².